The minimum absolute atomic E-state index is 0.0256. The Morgan fingerprint density at radius 3 is 2.10 bits per heavy atom. The Morgan fingerprint density at radius 1 is 0.968 bits per heavy atom. The minimum Gasteiger partial charge on any atom is -0.467 e. The summed E-state index contributed by atoms with van der Waals surface area (Å²) in [6.45, 7) is 16.7. The Morgan fingerprint density at radius 2 is 1.58 bits per heavy atom. The van der Waals surface area contributed by atoms with Gasteiger partial charge in [-0.15, -0.1) is 0 Å². The molecular formula is C27H37O2PSi. The highest BCUT2D eigenvalue weighted by Crippen LogP contribution is 2.58. The third-order valence-electron chi connectivity index (χ3n) is 5.98. The zero-order chi connectivity index (χ0) is 22.9. The highest BCUT2D eigenvalue weighted by atomic mass is 31.1. The molecule has 1 unspecified atom stereocenters. The molecule has 0 amide bonds. The summed E-state index contributed by atoms with van der Waals surface area (Å²) in [6, 6.07) is 15.7. The molecule has 0 fully saturated rings. The molecule has 1 atom stereocenters. The number of allylic oxidation sites excluding steroid dienone is 4. The van der Waals surface area contributed by atoms with Crippen LogP contribution in [-0.4, -0.2) is 26.8 Å². The molecule has 2 nitrogen and oxygen atoms in total. The van der Waals surface area contributed by atoms with Gasteiger partial charge in [-0.25, -0.2) is 0 Å². The van der Waals surface area contributed by atoms with Gasteiger partial charge in [0.15, 0.2) is 6.79 Å². The average Bonchev–Trinajstić information content (AvgIpc) is 3.18. The Kier molecular flexibility index (Phi) is 7.01. The zero-order valence-electron chi connectivity index (χ0n) is 20.3. The largest absolute Gasteiger partial charge is 0.467 e. The van der Waals surface area contributed by atoms with Gasteiger partial charge < -0.3 is 9.47 Å². The van der Waals surface area contributed by atoms with Crippen molar-refractivity contribution in [3.63, 3.8) is 0 Å². The first-order valence-electron chi connectivity index (χ1n) is 11.0. The molecule has 0 bridgehead atoms. The van der Waals surface area contributed by atoms with Gasteiger partial charge in [0, 0.05) is 22.8 Å². The van der Waals surface area contributed by atoms with Gasteiger partial charge in [0.05, 0.1) is 8.07 Å². The van der Waals surface area contributed by atoms with Gasteiger partial charge in [-0.05, 0) is 37.2 Å². The molecule has 0 heterocycles. The lowest BCUT2D eigenvalue weighted by molar-refractivity contribution is 0.0506. The Bertz CT molecular complexity index is 953. The molecule has 2 aromatic carbocycles. The van der Waals surface area contributed by atoms with Gasteiger partial charge in [0.2, 0.25) is 0 Å². The third kappa shape index (κ3) is 4.74. The summed E-state index contributed by atoms with van der Waals surface area (Å²) in [6.07, 6.45) is 9.42. The summed E-state index contributed by atoms with van der Waals surface area (Å²) in [5.41, 5.74) is 2.50. The number of benzene rings is 2. The number of hydrogen-bond donors (Lipinski definition) is 0. The molecule has 166 valence electrons. The molecule has 0 N–H and O–H groups in total. The lowest BCUT2D eigenvalue weighted by atomic mass is 9.85. The average molecular weight is 453 g/mol. The Balaban J connectivity index is 2.39. The Hall–Kier alpha value is -1.67. The number of rotatable bonds is 7. The van der Waals surface area contributed by atoms with Crippen LogP contribution in [0.5, 0.6) is 5.75 Å². The molecular weight excluding hydrogens is 415 g/mol. The number of hydrogen-bond acceptors (Lipinski definition) is 2. The van der Waals surface area contributed by atoms with Crippen LogP contribution in [-0.2, 0) is 10.2 Å². The molecule has 2 aromatic rings. The quantitative estimate of drug-likeness (QED) is 0.273. The van der Waals surface area contributed by atoms with Gasteiger partial charge in [-0.3, -0.25) is 0 Å². The fourth-order valence-corrected chi connectivity index (χ4v) is 11.7. The smallest absolute Gasteiger partial charge is 0.188 e. The van der Waals surface area contributed by atoms with E-state index >= 15 is 0 Å². The first-order chi connectivity index (χ1) is 14.5. The number of ether oxygens (including phenoxy) is 2. The van der Waals surface area contributed by atoms with Crippen LogP contribution in [0, 0.1) is 6.92 Å². The second-order valence-electron chi connectivity index (χ2n) is 10.4. The second kappa shape index (κ2) is 9.06. The van der Waals surface area contributed by atoms with E-state index < -0.39 is 16.0 Å². The van der Waals surface area contributed by atoms with Crippen molar-refractivity contribution in [2.24, 2.45) is 0 Å². The first-order valence-corrected chi connectivity index (χ1v) is 15.8. The van der Waals surface area contributed by atoms with Crippen molar-refractivity contribution in [1.29, 1.82) is 0 Å². The summed E-state index contributed by atoms with van der Waals surface area (Å²) < 4.78 is 11.8. The van der Waals surface area contributed by atoms with Crippen molar-refractivity contribution in [3.05, 3.63) is 77.9 Å². The fraction of sp³-hybridized carbons (Fsp3) is 0.407. The van der Waals surface area contributed by atoms with E-state index in [1.54, 1.807) is 7.11 Å². The van der Waals surface area contributed by atoms with E-state index in [-0.39, 0.29) is 17.0 Å². The van der Waals surface area contributed by atoms with Crippen LogP contribution < -0.4 is 15.3 Å². The predicted molar refractivity (Wildman–Crippen MR) is 139 cm³/mol. The van der Waals surface area contributed by atoms with Crippen molar-refractivity contribution in [3.8, 4) is 5.75 Å². The van der Waals surface area contributed by atoms with Crippen LogP contribution in [0.15, 0.2) is 66.8 Å². The Labute approximate surface area is 191 Å². The molecule has 0 saturated carbocycles. The molecule has 1 aliphatic carbocycles. The van der Waals surface area contributed by atoms with Gasteiger partial charge in [-0.2, -0.15) is 0 Å². The van der Waals surface area contributed by atoms with Crippen LogP contribution in [0.3, 0.4) is 0 Å². The zero-order valence-corrected chi connectivity index (χ0v) is 22.2. The van der Waals surface area contributed by atoms with Crippen molar-refractivity contribution >= 4 is 26.6 Å². The molecule has 0 aromatic heterocycles. The maximum atomic E-state index is 6.38. The van der Waals surface area contributed by atoms with Crippen molar-refractivity contribution in [2.45, 2.75) is 57.5 Å². The summed E-state index contributed by atoms with van der Waals surface area (Å²) >= 11 is 0. The molecule has 0 aliphatic heterocycles. The highest BCUT2D eigenvalue weighted by Gasteiger charge is 2.49. The van der Waals surface area contributed by atoms with E-state index in [4.69, 9.17) is 9.47 Å². The maximum Gasteiger partial charge on any atom is 0.188 e. The third-order valence-corrected chi connectivity index (χ3v) is 14.1. The van der Waals surface area contributed by atoms with E-state index in [1.807, 2.05) is 0 Å². The van der Waals surface area contributed by atoms with Gasteiger partial charge >= 0.3 is 0 Å². The monoisotopic (exact) mass is 452 g/mol. The molecule has 31 heavy (non-hydrogen) atoms. The summed E-state index contributed by atoms with van der Waals surface area (Å²) in [4.78, 5) is 0. The fourth-order valence-electron chi connectivity index (χ4n) is 4.32. The number of aryl methyl sites for hydroxylation is 1. The maximum absolute atomic E-state index is 6.38. The van der Waals surface area contributed by atoms with Gasteiger partial charge in [0.25, 0.3) is 0 Å². The SMILES string of the molecule is COCOc1c(P(c2ccccc2)C2([Si](C)(C)C)C=CC=C2)cc(C)cc1C(C)(C)C. The van der Waals surface area contributed by atoms with Crippen LogP contribution in [0.1, 0.15) is 31.9 Å². The van der Waals surface area contributed by atoms with Gasteiger partial charge in [0.1, 0.15) is 5.75 Å². The van der Waals surface area contributed by atoms with Crippen LogP contribution in [0.4, 0.5) is 0 Å². The van der Waals surface area contributed by atoms with E-state index in [2.05, 4.69) is 114 Å². The van der Waals surface area contributed by atoms with E-state index in [0.717, 1.165) is 5.75 Å². The summed E-state index contributed by atoms with van der Waals surface area (Å²) in [5.74, 6) is 1.00. The molecule has 0 radical (unpaired) electrons. The minimum atomic E-state index is -1.67. The second-order valence-corrected chi connectivity index (χ2v) is 18.6. The number of methoxy groups -OCH3 is 1. The summed E-state index contributed by atoms with van der Waals surface area (Å²) in [5, 5.41) is 2.71. The van der Waals surface area contributed by atoms with Gasteiger partial charge in [-0.1, -0.05) is 101 Å². The standard InChI is InChI=1S/C27H37O2PSi/c1-21-18-23(26(2,3)4)25(29-20-28-5)24(19-21)30(22-14-10-9-11-15-22)27(31(6,7)8)16-12-13-17-27/h9-19H,20H2,1-8H3. The summed E-state index contributed by atoms with van der Waals surface area (Å²) in [7, 11) is -0.712. The predicted octanol–water partition coefficient (Wildman–Crippen LogP) is 6.45. The van der Waals surface area contributed by atoms with Crippen LogP contribution >= 0.6 is 7.92 Å². The highest BCUT2D eigenvalue weighted by molar-refractivity contribution is 7.77. The topological polar surface area (TPSA) is 18.5 Å². The lowest BCUT2D eigenvalue weighted by Crippen LogP contribution is -2.50. The molecule has 1 aliphatic rings. The van der Waals surface area contributed by atoms with Crippen molar-refractivity contribution < 1.29 is 9.47 Å². The molecule has 4 heteroatoms. The molecule has 3 rings (SSSR count). The van der Waals surface area contributed by atoms with Crippen LogP contribution in [0.25, 0.3) is 0 Å². The normalized spacial score (nSPS) is 16.5. The van der Waals surface area contributed by atoms with E-state index in [1.165, 1.54) is 21.7 Å². The van der Waals surface area contributed by atoms with Crippen molar-refractivity contribution in [1.82, 2.24) is 0 Å². The lowest BCUT2D eigenvalue weighted by Gasteiger charge is -2.45. The molecule has 0 spiro atoms. The van der Waals surface area contributed by atoms with Crippen molar-refractivity contribution in [2.75, 3.05) is 13.9 Å². The van der Waals surface area contributed by atoms with E-state index in [9.17, 15) is 0 Å². The first kappa shape index (κ1) is 24.0. The molecule has 0 saturated heterocycles. The van der Waals surface area contributed by atoms with Crippen LogP contribution in [0.2, 0.25) is 19.6 Å². The van der Waals surface area contributed by atoms with E-state index in [0.29, 0.717) is 0 Å².